The molecule has 14 heteroatoms. The van der Waals surface area contributed by atoms with Crippen molar-refractivity contribution in [1.29, 1.82) is 0 Å². The Labute approximate surface area is 270 Å². The molecule has 0 atom stereocenters. The predicted molar refractivity (Wildman–Crippen MR) is 177 cm³/mol. The Morgan fingerprint density at radius 3 is 1.89 bits per heavy atom. The highest BCUT2D eigenvalue weighted by Gasteiger charge is 2.16. The number of carbonyl (C=O) groups is 3. The summed E-state index contributed by atoms with van der Waals surface area (Å²) in [7, 11) is 1.50. The van der Waals surface area contributed by atoms with Crippen molar-refractivity contribution in [3.63, 3.8) is 0 Å². The Balaban J connectivity index is 0.000000241. The van der Waals surface area contributed by atoms with E-state index in [4.69, 9.17) is 33.7 Å². The average molecular weight is 703 g/mol. The quantitative estimate of drug-likeness (QED) is 0.0769. The van der Waals surface area contributed by atoms with Crippen molar-refractivity contribution in [2.75, 3.05) is 28.4 Å². The molecule has 0 saturated carbocycles. The molecule has 0 aliphatic rings. The Morgan fingerprint density at radius 2 is 1.27 bits per heavy atom. The first-order valence-electron chi connectivity index (χ1n) is 12.4. The Hall–Kier alpha value is -4.91. The van der Waals surface area contributed by atoms with Gasteiger partial charge >= 0.3 is 12.1 Å². The minimum atomic E-state index is -0.755. The highest BCUT2D eigenvalue weighted by atomic mass is 79.9. The summed E-state index contributed by atoms with van der Waals surface area (Å²) in [6, 6.07) is 20.4. The minimum absolute atomic E-state index is 0.0215. The van der Waals surface area contributed by atoms with Crippen molar-refractivity contribution in [1.82, 2.24) is 0 Å². The molecule has 0 radical (unpaired) electrons. The lowest BCUT2D eigenvalue weighted by atomic mass is 10.0. The fourth-order valence-electron chi connectivity index (χ4n) is 3.52. The van der Waals surface area contributed by atoms with Crippen LogP contribution < -0.4 is 31.7 Å². The van der Waals surface area contributed by atoms with Gasteiger partial charge in [0.25, 0.3) is 0 Å². The van der Waals surface area contributed by atoms with Gasteiger partial charge in [-0.15, -0.1) is 0 Å². The third kappa shape index (κ3) is 8.80. The molecule has 11 nitrogen and oxygen atoms in total. The lowest BCUT2D eigenvalue weighted by Gasteiger charge is -2.12. The maximum absolute atomic E-state index is 12.0. The van der Waals surface area contributed by atoms with Gasteiger partial charge in [0, 0.05) is 15.6 Å². The van der Waals surface area contributed by atoms with Crippen LogP contribution in [0.1, 0.15) is 5.56 Å². The zero-order valence-electron chi connectivity index (χ0n) is 23.0. The lowest BCUT2D eigenvalue weighted by molar-refractivity contribution is -0.112. The molecule has 0 aromatic heterocycles. The van der Waals surface area contributed by atoms with Crippen LogP contribution in [0.25, 0.3) is 5.57 Å². The van der Waals surface area contributed by atoms with Crippen LogP contribution in [-0.4, -0.2) is 35.3 Å². The number of rotatable bonds is 7. The van der Waals surface area contributed by atoms with E-state index in [1.54, 1.807) is 48.5 Å². The number of anilines is 4. The fourth-order valence-corrected chi connectivity index (χ4v) is 4.22. The van der Waals surface area contributed by atoms with Gasteiger partial charge in [0.15, 0.2) is 5.75 Å². The van der Waals surface area contributed by atoms with Crippen LogP contribution in [0.4, 0.5) is 32.3 Å². The lowest BCUT2D eigenvalue weighted by Crippen LogP contribution is -2.20. The highest BCUT2D eigenvalue weighted by Crippen LogP contribution is 2.37. The number of aromatic hydroxyl groups is 2. The average Bonchev–Trinajstić information content (AvgIpc) is 3.00. The number of amides is 5. The van der Waals surface area contributed by atoms with E-state index in [9.17, 15) is 24.6 Å². The van der Waals surface area contributed by atoms with Gasteiger partial charge in [0.1, 0.15) is 16.5 Å². The van der Waals surface area contributed by atoms with E-state index < -0.39 is 18.0 Å². The SMILES string of the molecule is C=C(C(N)=O)c1cccc(NC(=O)Nc2ccccc2Br)c1O.COc1ccccc1NC(=O)Nc1ccc(Cl)c(Cl)c1O. The summed E-state index contributed by atoms with van der Waals surface area (Å²) < 4.78 is 5.84. The summed E-state index contributed by atoms with van der Waals surface area (Å²) >= 11 is 14.9. The zero-order chi connectivity index (χ0) is 32.4. The molecule has 0 unspecified atom stereocenters. The maximum atomic E-state index is 12.0. The van der Waals surface area contributed by atoms with E-state index in [1.807, 2.05) is 6.07 Å². The van der Waals surface area contributed by atoms with Crippen molar-refractivity contribution in [3.05, 3.63) is 106 Å². The number of methoxy groups -OCH3 is 1. The molecule has 0 saturated heterocycles. The van der Waals surface area contributed by atoms with Crippen LogP contribution in [0.3, 0.4) is 0 Å². The van der Waals surface area contributed by atoms with Crippen LogP contribution >= 0.6 is 39.1 Å². The molecular formula is C30H26BrCl2N5O6. The molecule has 5 amide bonds. The largest absolute Gasteiger partial charge is 0.505 e. The number of nitrogens with one attached hydrogen (secondary N) is 4. The molecular weight excluding hydrogens is 677 g/mol. The molecule has 8 N–H and O–H groups in total. The van der Waals surface area contributed by atoms with Crippen LogP contribution in [0.2, 0.25) is 10.0 Å². The van der Waals surface area contributed by atoms with Gasteiger partial charge in [0.05, 0.1) is 34.9 Å². The summed E-state index contributed by atoms with van der Waals surface area (Å²) in [6.07, 6.45) is 0. The number of urea groups is 2. The van der Waals surface area contributed by atoms with E-state index >= 15 is 0 Å². The van der Waals surface area contributed by atoms with Gasteiger partial charge in [-0.3, -0.25) is 4.79 Å². The van der Waals surface area contributed by atoms with Gasteiger partial charge in [-0.2, -0.15) is 0 Å². The standard InChI is InChI=1S/C16H14BrN3O3.C14H12Cl2N2O3/c1-9(15(18)22)10-5-4-8-13(14(10)21)20-16(23)19-12-7-3-2-6-11(12)17;1-21-11-5-3-2-4-9(11)17-14(20)18-10-7-6-8(15)12(16)13(10)19/h2-8,21H,1H2,(H2,18,22)(H2,19,20,23);2-7,19H,1H3,(H2,17,18,20). The second-order valence-corrected chi connectivity index (χ2v) is 10.3. The molecule has 0 spiro atoms. The van der Waals surface area contributed by atoms with Crippen LogP contribution in [0.5, 0.6) is 17.2 Å². The van der Waals surface area contributed by atoms with Gasteiger partial charge in [0.2, 0.25) is 5.91 Å². The second-order valence-electron chi connectivity index (χ2n) is 8.64. The summed E-state index contributed by atoms with van der Waals surface area (Å²) in [6.45, 7) is 3.52. The Morgan fingerprint density at radius 1 is 0.750 bits per heavy atom. The normalized spacial score (nSPS) is 10.0. The van der Waals surface area contributed by atoms with Crippen molar-refractivity contribution >= 4 is 85.4 Å². The molecule has 0 fully saturated rings. The number of halogens is 3. The van der Waals surface area contributed by atoms with Gasteiger partial charge in [-0.25, -0.2) is 9.59 Å². The number of hydrogen-bond acceptors (Lipinski definition) is 6. The Kier molecular flexibility index (Phi) is 11.9. The molecule has 4 rings (SSSR count). The fraction of sp³-hybridized carbons (Fsp3) is 0.0333. The van der Waals surface area contributed by atoms with Gasteiger partial charge < -0.3 is 42.0 Å². The maximum Gasteiger partial charge on any atom is 0.323 e. The zero-order valence-corrected chi connectivity index (χ0v) is 26.0. The van der Waals surface area contributed by atoms with E-state index in [-0.39, 0.29) is 44.1 Å². The molecule has 0 aliphatic heterocycles. The number of para-hydroxylation sites is 4. The molecule has 0 heterocycles. The molecule has 0 bridgehead atoms. The number of carbonyl (C=O) groups excluding carboxylic acids is 3. The first-order valence-corrected chi connectivity index (χ1v) is 14.0. The topological polar surface area (TPSA) is 175 Å². The molecule has 4 aromatic rings. The van der Waals surface area contributed by atoms with E-state index in [0.717, 1.165) is 4.47 Å². The van der Waals surface area contributed by atoms with Crippen LogP contribution in [-0.2, 0) is 4.79 Å². The number of hydrogen-bond donors (Lipinski definition) is 7. The smallest absolute Gasteiger partial charge is 0.323 e. The number of primary amides is 1. The van der Waals surface area contributed by atoms with Crippen molar-refractivity contribution in [3.8, 4) is 17.2 Å². The summed E-state index contributed by atoms with van der Waals surface area (Å²) in [5, 5.41) is 30.4. The van der Waals surface area contributed by atoms with Gasteiger partial charge in [-0.05, 0) is 58.4 Å². The van der Waals surface area contributed by atoms with Crippen LogP contribution in [0.15, 0.2) is 89.9 Å². The molecule has 228 valence electrons. The predicted octanol–water partition coefficient (Wildman–Crippen LogP) is 7.65. The number of ether oxygens (including phenoxy) is 1. The first kappa shape index (κ1) is 33.6. The second kappa shape index (κ2) is 15.5. The van der Waals surface area contributed by atoms with E-state index in [2.05, 4.69) is 43.8 Å². The summed E-state index contributed by atoms with van der Waals surface area (Å²) in [4.78, 5) is 35.1. The van der Waals surface area contributed by atoms with Crippen molar-refractivity contribution < 1.29 is 29.3 Å². The Bertz CT molecular complexity index is 1720. The number of phenolic OH excluding ortho intramolecular Hbond substituents is 2. The van der Waals surface area contributed by atoms with Gasteiger partial charge in [-0.1, -0.05) is 66.2 Å². The number of benzene rings is 4. The monoisotopic (exact) mass is 701 g/mol. The third-order valence-corrected chi connectivity index (χ3v) is 7.19. The van der Waals surface area contributed by atoms with E-state index in [0.29, 0.717) is 17.1 Å². The molecule has 0 aliphatic carbocycles. The van der Waals surface area contributed by atoms with Crippen LogP contribution in [0, 0.1) is 0 Å². The molecule has 4 aromatic carbocycles. The third-order valence-electron chi connectivity index (χ3n) is 5.70. The van der Waals surface area contributed by atoms with Crippen molar-refractivity contribution in [2.45, 2.75) is 0 Å². The summed E-state index contributed by atoms with van der Waals surface area (Å²) in [5.74, 6) is -0.806. The number of nitrogens with two attached hydrogens (primary N) is 1. The van der Waals surface area contributed by atoms with E-state index in [1.165, 1.54) is 31.4 Å². The first-order chi connectivity index (χ1) is 20.9. The molecule has 44 heavy (non-hydrogen) atoms. The minimum Gasteiger partial charge on any atom is -0.505 e. The van der Waals surface area contributed by atoms with Crippen molar-refractivity contribution in [2.24, 2.45) is 5.73 Å². The highest BCUT2D eigenvalue weighted by molar-refractivity contribution is 9.10. The number of phenols is 2. The summed E-state index contributed by atoms with van der Waals surface area (Å²) in [5.41, 5.74) is 6.62.